The summed E-state index contributed by atoms with van der Waals surface area (Å²) in [6, 6.07) is 7.50. The molecule has 0 amide bonds. The van der Waals surface area contributed by atoms with Gasteiger partial charge in [-0.3, -0.25) is 0 Å². The van der Waals surface area contributed by atoms with E-state index in [1.165, 1.54) is 0 Å². The summed E-state index contributed by atoms with van der Waals surface area (Å²) in [7, 11) is 1.62. The van der Waals surface area contributed by atoms with E-state index in [-0.39, 0.29) is 5.95 Å². The number of hydrogen-bond donors (Lipinski definition) is 1. The normalized spacial score (nSPS) is 10.1. The summed E-state index contributed by atoms with van der Waals surface area (Å²) in [6.07, 6.45) is 1.56. The first-order chi connectivity index (χ1) is 6.79. The van der Waals surface area contributed by atoms with Gasteiger partial charge in [0.15, 0.2) is 0 Å². The van der Waals surface area contributed by atoms with Gasteiger partial charge in [-0.25, -0.2) is 9.67 Å². The Morgan fingerprint density at radius 3 is 2.93 bits per heavy atom. The molecule has 5 nitrogen and oxygen atoms in total. The van der Waals surface area contributed by atoms with Gasteiger partial charge in [0, 0.05) is 6.07 Å². The Balaban J connectivity index is 2.41. The van der Waals surface area contributed by atoms with Gasteiger partial charge in [-0.1, -0.05) is 6.07 Å². The Morgan fingerprint density at radius 1 is 1.43 bits per heavy atom. The minimum absolute atomic E-state index is 0.257. The summed E-state index contributed by atoms with van der Waals surface area (Å²) in [5, 5.41) is 3.98. The van der Waals surface area contributed by atoms with Crippen molar-refractivity contribution in [1.29, 1.82) is 0 Å². The first-order valence-corrected chi connectivity index (χ1v) is 4.11. The van der Waals surface area contributed by atoms with Crippen LogP contribution in [0.3, 0.4) is 0 Å². The molecule has 2 N–H and O–H groups in total. The van der Waals surface area contributed by atoms with Gasteiger partial charge < -0.3 is 10.5 Å². The lowest BCUT2D eigenvalue weighted by atomic mass is 10.3. The van der Waals surface area contributed by atoms with Crippen LogP contribution in [0, 0.1) is 0 Å². The van der Waals surface area contributed by atoms with E-state index in [4.69, 9.17) is 10.5 Å². The summed E-state index contributed by atoms with van der Waals surface area (Å²) >= 11 is 0. The van der Waals surface area contributed by atoms with E-state index in [9.17, 15) is 0 Å². The highest BCUT2D eigenvalue weighted by molar-refractivity contribution is 5.38. The van der Waals surface area contributed by atoms with Crippen LogP contribution in [0.4, 0.5) is 5.95 Å². The second kappa shape index (κ2) is 3.37. The number of benzene rings is 1. The predicted octanol–water partition coefficient (Wildman–Crippen LogP) is 0.858. The van der Waals surface area contributed by atoms with Crippen LogP contribution in [0.5, 0.6) is 5.75 Å². The molecule has 1 aromatic heterocycles. The van der Waals surface area contributed by atoms with Gasteiger partial charge in [0.1, 0.15) is 12.1 Å². The molecule has 14 heavy (non-hydrogen) atoms. The van der Waals surface area contributed by atoms with Gasteiger partial charge in [-0.05, 0) is 12.1 Å². The average molecular weight is 190 g/mol. The van der Waals surface area contributed by atoms with Crippen molar-refractivity contribution in [3.63, 3.8) is 0 Å². The molecule has 0 spiro atoms. The van der Waals surface area contributed by atoms with Crippen molar-refractivity contribution in [3.8, 4) is 11.4 Å². The molecule has 1 heterocycles. The fourth-order valence-electron chi connectivity index (χ4n) is 1.15. The lowest BCUT2D eigenvalue weighted by Gasteiger charge is -2.02. The van der Waals surface area contributed by atoms with Crippen LogP contribution in [-0.4, -0.2) is 21.9 Å². The van der Waals surface area contributed by atoms with Crippen molar-refractivity contribution in [3.05, 3.63) is 30.6 Å². The number of rotatable bonds is 2. The number of nitrogens with zero attached hydrogens (tertiary/aromatic N) is 3. The van der Waals surface area contributed by atoms with Crippen molar-refractivity contribution in [2.75, 3.05) is 12.8 Å². The lowest BCUT2D eigenvalue weighted by Crippen LogP contribution is -1.96. The van der Waals surface area contributed by atoms with E-state index >= 15 is 0 Å². The fourth-order valence-corrected chi connectivity index (χ4v) is 1.15. The standard InChI is InChI=1S/C9H10N4O/c1-14-8-4-2-3-7(5-8)13-6-11-9(10)12-13/h2-6H,1H3,(H2,10,12). The minimum Gasteiger partial charge on any atom is -0.497 e. The summed E-state index contributed by atoms with van der Waals surface area (Å²) in [5.74, 6) is 1.03. The molecule has 0 saturated carbocycles. The Morgan fingerprint density at radius 2 is 2.29 bits per heavy atom. The SMILES string of the molecule is COc1cccc(-n2cnc(N)n2)c1. The topological polar surface area (TPSA) is 66.0 Å². The first kappa shape index (κ1) is 8.55. The van der Waals surface area contributed by atoms with Crippen LogP contribution in [0.15, 0.2) is 30.6 Å². The Hall–Kier alpha value is -2.04. The van der Waals surface area contributed by atoms with E-state index in [1.54, 1.807) is 18.1 Å². The van der Waals surface area contributed by atoms with Gasteiger partial charge in [0.2, 0.25) is 5.95 Å². The monoisotopic (exact) mass is 190 g/mol. The second-order valence-electron chi connectivity index (χ2n) is 2.75. The zero-order valence-electron chi connectivity index (χ0n) is 7.71. The van der Waals surface area contributed by atoms with E-state index in [0.717, 1.165) is 11.4 Å². The first-order valence-electron chi connectivity index (χ1n) is 4.11. The van der Waals surface area contributed by atoms with Crippen molar-refractivity contribution >= 4 is 5.95 Å². The summed E-state index contributed by atoms with van der Waals surface area (Å²) < 4.78 is 6.69. The van der Waals surface area contributed by atoms with Crippen LogP contribution in [-0.2, 0) is 0 Å². The quantitative estimate of drug-likeness (QED) is 0.762. The van der Waals surface area contributed by atoms with Crippen LogP contribution in [0.2, 0.25) is 0 Å². The molecule has 2 rings (SSSR count). The molecule has 0 radical (unpaired) electrons. The van der Waals surface area contributed by atoms with Crippen LogP contribution >= 0.6 is 0 Å². The molecule has 72 valence electrons. The molecule has 0 aliphatic carbocycles. The third-order valence-corrected chi connectivity index (χ3v) is 1.83. The number of nitrogen functional groups attached to an aromatic ring is 1. The number of methoxy groups -OCH3 is 1. The average Bonchev–Trinajstić information content (AvgIpc) is 2.65. The molecule has 0 aliphatic rings. The Bertz CT molecular complexity index is 438. The minimum atomic E-state index is 0.257. The van der Waals surface area contributed by atoms with Crippen molar-refractivity contribution in [2.24, 2.45) is 0 Å². The number of nitrogens with two attached hydrogens (primary N) is 1. The zero-order chi connectivity index (χ0) is 9.97. The van der Waals surface area contributed by atoms with Crippen molar-refractivity contribution in [2.45, 2.75) is 0 Å². The summed E-state index contributed by atoms with van der Waals surface area (Å²) in [4.78, 5) is 3.84. The molecule has 0 unspecified atom stereocenters. The molecule has 1 aromatic carbocycles. The smallest absolute Gasteiger partial charge is 0.239 e. The maximum atomic E-state index is 5.41. The molecule has 0 saturated heterocycles. The highest BCUT2D eigenvalue weighted by Crippen LogP contribution is 2.15. The predicted molar refractivity (Wildman–Crippen MR) is 52.3 cm³/mol. The van der Waals surface area contributed by atoms with Crippen LogP contribution in [0.25, 0.3) is 5.69 Å². The summed E-state index contributed by atoms with van der Waals surface area (Å²) in [5.41, 5.74) is 6.28. The maximum absolute atomic E-state index is 5.41. The number of anilines is 1. The Labute approximate surface area is 81.1 Å². The largest absolute Gasteiger partial charge is 0.497 e. The third-order valence-electron chi connectivity index (χ3n) is 1.83. The molecule has 0 aliphatic heterocycles. The highest BCUT2D eigenvalue weighted by Gasteiger charge is 2.00. The zero-order valence-corrected chi connectivity index (χ0v) is 7.71. The lowest BCUT2D eigenvalue weighted by molar-refractivity contribution is 0.414. The van der Waals surface area contributed by atoms with Gasteiger partial charge in [-0.15, -0.1) is 5.10 Å². The molecule has 0 fully saturated rings. The summed E-state index contributed by atoms with van der Waals surface area (Å²) in [6.45, 7) is 0. The van der Waals surface area contributed by atoms with Crippen LogP contribution < -0.4 is 10.5 Å². The molecule has 2 aromatic rings. The van der Waals surface area contributed by atoms with E-state index < -0.39 is 0 Å². The number of aromatic nitrogens is 3. The van der Waals surface area contributed by atoms with Gasteiger partial charge in [0.25, 0.3) is 0 Å². The van der Waals surface area contributed by atoms with Gasteiger partial charge >= 0.3 is 0 Å². The maximum Gasteiger partial charge on any atom is 0.239 e. The number of hydrogen-bond acceptors (Lipinski definition) is 4. The highest BCUT2D eigenvalue weighted by atomic mass is 16.5. The molecule has 5 heteroatoms. The van der Waals surface area contributed by atoms with E-state index in [1.807, 2.05) is 24.3 Å². The molecular weight excluding hydrogens is 180 g/mol. The van der Waals surface area contributed by atoms with Crippen molar-refractivity contribution < 1.29 is 4.74 Å². The number of ether oxygens (including phenoxy) is 1. The van der Waals surface area contributed by atoms with Crippen LogP contribution in [0.1, 0.15) is 0 Å². The molecule has 0 atom stereocenters. The van der Waals surface area contributed by atoms with E-state index in [2.05, 4.69) is 10.1 Å². The third kappa shape index (κ3) is 1.52. The van der Waals surface area contributed by atoms with Gasteiger partial charge in [-0.2, -0.15) is 0 Å². The fraction of sp³-hybridized carbons (Fsp3) is 0.111. The molecule has 0 bridgehead atoms. The second-order valence-corrected chi connectivity index (χ2v) is 2.75. The Kier molecular flexibility index (Phi) is 2.06. The van der Waals surface area contributed by atoms with E-state index in [0.29, 0.717) is 0 Å². The van der Waals surface area contributed by atoms with Crippen molar-refractivity contribution in [1.82, 2.24) is 14.8 Å². The molecular formula is C9H10N4O. The van der Waals surface area contributed by atoms with Gasteiger partial charge in [0.05, 0.1) is 12.8 Å².